The predicted molar refractivity (Wildman–Crippen MR) is 70.2 cm³/mol. The summed E-state index contributed by atoms with van der Waals surface area (Å²) in [5.74, 6) is 1.67. The molecule has 2 fully saturated rings. The van der Waals surface area contributed by atoms with Gasteiger partial charge in [0.2, 0.25) is 0 Å². The summed E-state index contributed by atoms with van der Waals surface area (Å²) in [6, 6.07) is 0.193. The van der Waals surface area contributed by atoms with Crippen LogP contribution < -0.4 is 5.73 Å². The highest BCUT2D eigenvalue weighted by Gasteiger charge is 2.43. The monoisotopic (exact) mass is 249 g/mol. The average Bonchev–Trinajstić information content (AvgIpc) is 3.06. The fraction of sp³-hybridized carbons (Fsp3) is 0.786. The number of ether oxygens (including phenoxy) is 1. The van der Waals surface area contributed by atoms with Crippen molar-refractivity contribution in [2.24, 2.45) is 11.7 Å². The lowest BCUT2D eigenvalue weighted by molar-refractivity contribution is 0.0883. The normalized spacial score (nSPS) is 32.0. The van der Waals surface area contributed by atoms with Crippen LogP contribution in [-0.4, -0.2) is 27.8 Å². The second kappa shape index (κ2) is 5.02. The van der Waals surface area contributed by atoms with E-state index in [1.165, 1.54) is 12.8 Å². The molecule has 4 nitrogen and oxygen atoms in total. The summed E-state index contributed by atoms with van der Waals surface area (Å²) in [6.07, 6.45) is 10.4. The number of hydrogen-bond donors (Lipinski definition) is 1. The molecule has 0 aliphatic carbocycles. The van der Waals surface area contributed by atoms with Crippen LogP contribution in [0.15, 0.2) is 12.4 Å². The lowest BCUT2D eigenvalue weighted by Gasteiger charge is -2.25. The molecule has 0 radical (unpaired) electrons. The molecular weight excluding hydrogens is 226 g/mol. The third-order valence-corrected chi connectivity index (χ3v) is 4.39. The fourth-order valence-electron chi connectivity index (χ4n) is 3.46. The molecule has 2 aliphatic rings. The number of nitrogens with two attached hydrogens (primary N) is 1. The molecule has 18 heavy (non-hydrogen) atoms. The Kier molecular flexibility index (Phi) is 3.39. The maximum absolute atomic E-state index is 6.39. The Bertz CT molecular complexity index is 403. The molecule has 2 saturated heterocycles. The van der Waals surface area contributed by atoms with E-state index in [2.05, 4.69) is 22.7 Å². The smallest absolute Gasteiger partial charge is 0.110 e. The van der Waals surface area contributed by atoms with Gasteiger partial charge in [-0.1, -0.05) is 6.92 Å². The fourth-order valence-corrected chi connectivity index (χ4v) is 3.46. The molecular formula is C14H23N3O. The lowest BCUT2D eigenvalue weighted by Crippen LogP contribution is -2.38. The Morgan fingerprint density at radius 2 is 2.44 bits per heavy atom. The first kappa shape index (κ1) is 12.2. The van der Waals surface area contributed by atoms with E-state index in [0.29, 0.717) is 18.1 Å². The average molecular weight is 249 g/mol. The summed E-state index contributed by atoms with van der Waals surface area (Å²) in [5.41, 5.74) is 6.39. The minimum absolute atomic E-state index is 0.193. The number of hydrogen-bond acceptors (Lipinski definition) is 3. The molecule has 0 aromatic carbocycles. The van der Waals surface area contributed by atoms with Crippen LogP contribution >= 0.6 is 0 Å². The summed E-state index contributed by atoms with van der Waals surface area (Å²) in [6.45, 7) is 3.22. The highest BCUT2D eigenvalue weighted by Crippen LogP contribution is 2.40. The molecule has 4 heteroatoms. The van der Waals surface area contributed by atoms with Crippen molar-refractivity contribution in [3.8, 4) is 0 Å². The Morgan fingerprint density at radius 3 is 3.11 bits per heavy atom. The van der Waals surface area contributed by atoms with Gasteiger partial charge < -0.3 is 15.0 Å². The zero-order valence-electron chi connectivity index (χ0n) is 11.1. The van der Waals surface area contributed by atoms with Crippen molar-refractivity contribution in [2.75, 3.05) is 0 Å². The first-order valence-corrected chi connectivity index (χ1v) is 7.19. The van der Waals surface area contributed by atoms with Crippen molar-refractivity contribution < 1.29 is 4.74 Å². The Hall–Kier alpha value is -0.870. The predicted octanol–water partition coefficient (Wildman–Crippen LogP) is 1.73. The molecule has 4 unspecified atom stereocenters. The van der Waals surface area contributed by atoms with Crippen LogP contribution in [0.5, 0.6) is 0 Å². The Morgan fingerprint density at radius 1 is 1.56 bits per heavy atom. The van der Waals surface area contributed by atoms with Crippen LogP contribution in [0.4, 0.5) is 0 Å². The minimum atomic E-state index is 0.193. The summed E-state index contributed by atoms with van der Waals surface area (Å²) in [5, 5.41) is 0. The van der Waals surface area contributed by atoms with E-state index in [0.717, 1.165) is 31.6 Å². The zero-order valence-corrected chi connectivity index (χ0v) is 11.1. The van der Waals surface area contributed by atoms with Gasteiger partial charge in [-0.2, -0.15) is 0 Å². The van der Waals surface area contributed by atoms with Crippen LogP contribution in [-0.2, 0) is 17.7 Å². The molecule has 2 aliphatic heterocycles. The zero-order chi connectivity index (χ0) is 12.5. The van der Waals surface area contributed by atoms with Crippen LogP contribution in [0.1, 0.15) is 38.4 Å². The molecule has 0 spiro atoms. The van der Waals surface area contributed by atoms with Crippen molar-refractivity contribution in [1.29, 1.82) is 0 Å². The SMILES string of the molecule is CCCn1ccnc1CC(N)C1CC2CCC1O2. The van der Waals surface area contributed by atoms with Gasteiger partial charge >= 0.3 is 0 Å². The van der Waals surface area contributed by atoms with Crippen molar-refractivity contribution >= 4 is 0 Å². The number of rotatable bonds is 5. The van der Waals surface area contributed by atoms with Crippen LogP contribution in [0.25, 0.3) is 0 Å². The number of aryl methyl sites for hydroxylation is 1. The van der Waals surface area contributed by atoms with E-state index in [1.54, 1.807) is 0 Å². The van der Waals surface area contributed by atoms with Crippen molar-refractivity contribution in [3.05, 3.63) is 18.2 Å². The molecule has 3 heterocycles. The standard InChI is InChI=1S/C14H23N3O/c1-2-6-17-7-5-16-14(17)9-12(15)11-8-10-3-4-13(11)18-10/h5,7,10-13H,2-4,6,8-9,15H2,1H3. The number of fused-ring (bicyclic) bond motifs is 2. The molecule has 0 saturated carbocycles. The number of imidazole rings is 1. The minimum Gasteiger partial charge on any atom is -0.375 e. The third-order valence-electron chi connectivity index (χ3n) is 4.39. The van der Waals surface area contributed by atoms with E-state index in [4.69, 9.17) is 10.5 Å². The second-order valence-corrected chi connectivity index (χ2v) is 5.68. The van der Waals surface area contributed by atoms with Gasteiger partial charge in [0.05, 0.1) is 12.2 Å². The van der Waals surface area contributed by atoms with Crippen LogP contribution in [0.2, 0.25) is 0 Å². The molecule has 2 bridgehead atoms. The third kappa shape index (κ3) is 2.19. The van der Waals surface area contributed by atoms with E-state index in [-0.39, 0.29) is 6.04 Å². The molecule has 4 atom stereocenters. The summed E-state index contributed by atoms with van der Waals surface area (Å²) >= 11 is 0. The lowest BCUT2D eigenvalue weighted by atomic mass is 9.83. The summed E-state index contributed by atoms with van der Waals surface area (Å²) in [4.78, 5) is 4.45. The highest BCUT2D eigenvalue weighted by molar-refractivity contribution is 5.01. The highest BCUT2D eigenvalue weighted by atomic mass is 16.5. The van der Waals surface area contributed by atoms with Gasteiger partial charge in [-0.3, -0.25) is 0 Å². The van der Waals surface area contributed by atoms with Gasteiger partial charge in [0.1, 0.15) is 5.82 Å². The van der Waals surface area contributed by atoms with E-state index < -0.39 is 0 Å². The van der Waals surface area contributed by atoms with Gasteiger partial charge in [0, 0.05) is 37.3 Å². The van der Waals surface area contributed by atoms with Gasteiger partial charge in [0.25, 0.3) is 0 Å². The van der Waals surface area contributed by atoms with Crippen LogP contribution in [0, 0.1) is 5.92 Å². The van der Waals surface area contributed by atoms with Crippen LogP contribution in [0.3, 0.4) is 0 Å². The molecule has 1 aromatic heterocycles. The Labute approximate surface area is 109 Å². The van der Waals surface area contributed by atoms with E-state index in [1.807, 2.05) is 6.20 Å². The van der Waals surface area contributed by atoms with Gasteiger partial charge in [-0.15, -0.1) is 0 Å². The molecule has 3 rings (SSSR count). The Balaban J connectivity index is 1.63. The van der Waals surface area contributed by atoms with Crippen molar-refractivity contribution in [1.82, 2.24) is 9.55 Å². The summed E-state index contributed by atoms with van der Waals surface area (Å²) in [7, 11) is 0. The first-order valence-electron chi connectivity index (χ1n) is 7.19. The second-order valence-electron chi connectivity index (χ2n) is 5.68. The molecule has 100 valence electrons. The topological polar surface area (TPSA) is 53.1 Å². The summed E-state index contributed by atoms with van der Waals surface area (Å²) < 4.78 is 8.13. The molecule has 2 N–H and O–H groups in total. The molecule has 0 amide bonds. The number of nitrogens with zero attached hydrogens (tertiary/aromatic N) is 2. The van der Waals surface area contributed by atoms with E-state index >= 15 is 0 Å². The van der Waals surface area contributed by atoms with Gasteiger partial charge in [-0.05, 0) is 25.7 Å². The van der Waals surface area contributed by atoms with Crippen molar-refractivity contribution in [3.63, 3.8) is 0 Å². The van der Waals surface area contributed by atoms with Crippen molar-refractivity contribution in [2.45, 2.75) is 63.8 Å². The maximum Gasteiger partial charge on any atom is 0.110 e. The van der Waals surface area contributed by atoms with E-state index in [9.17, 15) is 0 Å². The van der Waals surface area contributed by atoms with Gasteiger partial charge in [0.15, 0.2) is 0 Å². The quantitative estimate of drug-likeness (QED) is 0.864. The molecule has 1 aromatic rings. The first-order chi connectivity index (χ1) is 8.78. The maximum atomic E-state index is 6.39. The van der Waals surface area contributed by atoms with Gasteiger partial charge in [-0.25, -0.2) is 4.98 Å². The number of aromatic nitrogens is 2. The largest absolute Gasteiger partial charge is 0.375 e.